The maximum absolute atomic E-state index is 13.2. The minimum Gasteiger partial charge on any atom is -0.373 e. The van der Waals surface area contributed by atoms with Crippen LogP contribution in [0.1, 0.15) is 19.4 Å². The first kappa shape index (κ1) is 22.6. The van der Waals surface area contributed by atoms with Gasteiger partial charge in [0.15, 0.2) is 5.13 Å². The van der Waals surface area contributed by atoms with Gasteiger partial charge in [0.25, 0.3) is 0 Å². The average molecular weight is 479 g/mol. The molecule has 2 atom stereocenters. The summed E-state index contributed by atoms with van der Waals surface area (Å²) in [6, 6.07) is 14.3. The number of hydrogen-bond donors (Lipinski definition) is 1. The third kappa shape index (κ3) is 5.16. The zero-order valence-corrected chi connectivity index (χ0v) is 20.2. The first-order chi connectivity index (χ1) is 16.4. The SMILES string of the molecule is CC1CN(Cc2ccc(Nc3nc4ccc(N(C)c5ccc(F)cc5)nc4s3)nc2)C[C@H](C)O1. The van der Waals surface area contributed by atoms with Gasteiger partial charge in [0.1, 0.15) is 27.8 Å². The summed E-state index contributed by atoms with van der Waals surface area (Å²) in [5, 5.41) is 4.03. The van der Waals surface area contributed by atoms with Crippen molar-refractivity contribution in [3.63, 3.8) is 0 Å². The van der Waals surface area contributed by atoms with Crippen molar-refractivity contribution >= 4 is 44.1 Å². The second-order valence-electron chi connectivity index (χ2n) is 8.68. The number of pyridine rings is 2. The summed E-state index contributed by atoms with van der Waals surface area (Å²) in [5.74, 6) is 1.25. The second kappa shape index (κ2) is 9.61. The molecule has 0 bridgehead atoms. The van der Waals surface area contributed by atoms with Gasteiger partial charge in [-0.05, 0) is 61.9 Å². The van der Waals surface area contributed by atoms with E-state index in [1.54, 1.807) is 12.1 Å². The summed E-state index contributed by atoms with van der Waals surface area (Å²) >= 11 is 1.47. The van der Waals surface area contributed by atoms with E-state index in [4.69, 9.17) is 9.72 Å². The molecule has 1 aliphatic rings. The van der Waals surface area contributed by atoms with Crippen molar-refractivity contribution in [3.8, 4) is 0 Å². The molecule has 9 heteroatoms. The van der Waals surface area contributed by atoms with Crippen molar-refractivity contribution in [3.05, 3.63) is 66.1 Å². The summed E-state index contributed by atoms with van der Waals surface area (Å²) in [6.07, 6.45) is 2.41. The van der Waals surface area contributed by atoms with Crippen LogP contribution in [0.2, 0.25) is 0 Å². The molecule has 176 valence electrons. The number of ether oxygens (including phenoxy) is 1. The van der Waals surface area contributed by atoms with Crippen molar-refractivity contribution < 1.29 is 9.13 Å². The van der Waals surface area contributed by atoms with Crippen LogP contribution in [0.5, 0.6) is 0 Å². The van der Waals surface area contributed by atoms with E-state index < -0.39 is 0 Å². The van der Waals surface area contributed by atoms with Crippen LogP contribution in [0, 0.1) is 5.82 Å². The lowest BCUT2D eigenvalue weighted by molar-refractivity contribution is -0.0705. The van der Waals surface area contributed by atoms with Gasteiger partial charge in [-0.1, -0.05) is 17.4 Å². The van der Waals surface area contributed by atoms with Gasteiger partial charge in [0.2, 0.25) is 0 Å². The highest BCUT2D eigenvalue weighted by Gasteiger charge is 2.22. The van der Waals surface area contributed by atoms with Crippen LogP contribution in [0.3, 0.4) is 0 Å². The first-order valence-electron chi connectivity index (χ1n) is 11.3. The Balaban J connectivity index is 1.26. The molecule has 0 spiro atoms. The standard InChI is InChI=1S/C25H27FN6OS/c1-16-13-32(14-17(2)33-16)15-18-4-10-22(27-12-18)29-25-28-21-9-11-23(30-24(21)34-25)31(3)20-7-5-19(26)6-8-20/h4-12,16-17H,13-15H2,1-3H3,(H,27,28,29)/t16-,17?/m0/s1. The molecule has 0 saturated carbocycles. The number of fused-ring (bicyclic) bond motifs is 1. The fraction of sp³-hybridized carbons (Fsp3) is 0.320. The predicted molar refractivity (Wildman–Crippen MR) is 135 cm³/mol. The van der Waals surface area contributed by atoms with E-state index in [1.807, 2.05) is 36.3 Å². The molecule has 1 aliphatic heterocycles. The summed E-state index contributed by atoms with van der Waals surface area (Å²) in [5.41, 5.74) is 2.85. The highest BCUT2D eigenvalue weighted by molar-refractivity contribution is 7.21. The lowest BCUT2D eigenvalue weighted by Gasteiger charge is -2.35. The second-order valence-corrected chi connectivity index (χ2v) is 9.65. The van der Waals surface area contributed by atoms with Gasteiger partial charge in [-0.15, -0.1) is 0 Å². The summed E-state index contributed by atoms with van der Waals surface area (Å²) in [7, 11) is 1.91. The number of nitrogens with zero attached hydrogens (tertiary/aromatic N) is 5. The molecule has 1 aromatic carbocycles. The van der Waals surface area contributed by atoms with Crippen molar-refractivity contribution in [2.45, 2.75) is 32.6 Å². The Bertz CT molecular complexity index is 1250. The number of nitrogens with one attached hydrogen (secondary N) is 1. The van der Waals surface area contributed by atoms with Gasteiger partial charge in [0, 0.05) is 38.6 Å². The molecule has 5 rings (SSSR count). The maximum atomic E-state index is 13.2. The maximum Gasteiger partial charge on any atom is 0.190 e. The van der Waals surface area contributed by atoms with Crippen LogP contribution in [-0.2, 0) is 11.3 Å². The highest BCUT2D eigenvalue weighted by atomic mass is 32.1. The Morgan fingerprint density at radius 3 is 2.53 bits per heavy atom. The van der Waals surface area contributed by atoms with E-state index in [0.29, 0.717) is 0 Å². The Labute approximate surface area is 202 Å². The first-order valence-corrected chi connectivity index (χ1v) is 12.1. The lowest BCUT2D eigenvalue weighted by Crippen LogP contribution is -2.44. The predicted octanol–water partition coefficient (Wildman–Crippen LogP) is 5.35. The third-order valence-electron chi connectivity index (χ3n) is 5.76. The molecule has 7 nitrogen and oxygen atoms in total. The van der Waals surface area contributed by atoms with E-state index in [1.165, 1.54) is 29.0 Å². The largest absolute Gasteiger partial charge is 0.373 e. The number of anilines is 4. The monoisotopic (exact) mass is 478 g/mol. The number of rotatable bonds is 6. The number of aromatic nitrogens is 3. The van der Waals surface area contributed by atoms with Crippen LogP contribution in [0.4, 0.5) is 26.8 Å². The van der Waals surface area contributed by atoms with Crippen LogP contribution >= 0.6 is 11.3 Å². The van der Waals surface area contributed by atoms with Crippen LogP contribution in [-0.4, -0.2) is 52.2 Å². The van der Waals surface area contributed by atoms with Gasteiger partial charge >= 0.3 is 0 Å². The van der Waals surface area contributed by atoms with E-state index in [2.05, 4.69) is 40.1 Å². The van der Waals surface area contributed by atoms with Gasteiger partial charge in [-0.3, -0.25) is 4.90 Å². The molecule has 0 aliphatic carbocycles. The molecule has 1 saturated heterocycles. The van der Waals surface area contributed by atoms with Gasteiger partial charge < -0.3 is 15.0 Å². The normalized spacial score (nSPS) is 18.8. The topological polar surface area (TPSA) is 66.4 Å². The molecular weight excluding hydrogens is 451 g/mol. The lowest BCUT2D eigenvalue weighted by atomic mass is 10.2. The summed E-state index contributed by atoms with van der Waals surface area (Å²) in [4.78, 5) is 19.1. The van der Waals surface area contributed by atoms with Crippen molar-refractivity contribution in [2.24, 2.45) is 0 Å². The van der Waals surface area contributed by atoms with Crippen molar-refractivity contribution in [2.75, 3.05) is 30.4 Å². The molecule has 1 unspecified atom stereocenters. The van der Waals surface area contributed by atoms with E-state index in [9.17, 15) is 4.39 Å². The number of hydrogen-bond acceptors (Lipinski definition) is 8. The molecule has 34 heavy (non-hydrogen) atoms. The minimum absolute atomic E-state index is 0.251. The Hall–Kier alpha value is -3.14. The molecule has 4 aromatic rings. The van der Waals surface area contributed by atoms with Crippen LogP contribution < -0.4 is 10.2 Å². The quantitative estimate of drug-likeness (QED) is 0.401. The fourth-order valence-corrected chi connectivity index (χ4v) is 5.06. The fourth-order valence-electron chi connectivity index (χ4n) is 4.22. The zero-order chi connectivity index (χ0) is 23.7. The summed E-state index contributed by atoms with van der Waals surface area (Å²) < 4.78 is 19.1. The van der Waals surface area contributed by atoms with Crippen molar-refractivity contribution in [1.29, 1.82) is 0 Å². The van der Waals surface area contributed by atoms with Crippen LogP contribution in [0.25, 0.3) is 10.3 Å². The Morgan fingerprint density at radius 1 is 1.06 bits per heavy atom. The third-order valence-corrected chi connectivity index (χ3v) is 6.64. The zero-order valence-electron chi connectivity index (χ0n) is 19.4. The molecular formula is C25H27FN6OS. The number of thiazole rings is 1. The van der Waals surface area contributed by atoms with E-state index in [-0.39, 0.29) is 18.0 Å². The number of halogens is 1. The van der Waals surface area contributed by atoms with E-state index >= 15 is 0 Å². The highest BCUT2D eigenvalue weighted by Crippen LogP contribution is 2.30. The molecule has 4 heterocycles. The number of morpholine rings is 1. The van der Waals surface area contributed by atoms with Crippen LogP contribution in [0.15, 0.2) is 54.7 Å². The Kier molecular flexibility index (Phi) is 6.40. The molecule has 0 amide bonds. The number of benzene rings is 1. The molecule has 1 fully saturated rings. The summed E-state index contributed by atoms with van der Waals surface area (Å²) in [6.45, 7) is 6.96. The smallest absolute Gasteiger partial charge is 0.190 e. The minimum atomic E-state index is -0.259. The average Bonchev–Trinajstić information content (AvgIpc) is 3.21. The molecule has 3 aromatic heterocycles. The van der Waals surface area contributed by atoms with Gasteiger partial charge in [0.05, 0.1) is 12.2 Å². The Morgan fingerprint density at radius 2 is 1.82 bits per heavy atom. The van der Waals surface area contributed by atoms with Crippen molar-refractivity contribution in [1.82, 2.24) is 19.9 Å². The van der Waals surface area contributed by atoms with E-state index in [0.717, 1.165) is 52.4 Å². The van der Waals surface area contributed by atoms with Gasteiger partial charge in [-0.2, -0.15) is 0 Å². The molecule has 1 N–H and O–H groups in total. The van der Waals surface area contributed by atoms with Gasteiger partial charge in [-0.25, -0.2) is 19.3 Å². The molecule has 0 radical (unpaired) electrons.